The Hall–Kier alpha value is -2.63. The normalized spacial score (nSPS) is 16.4. The van der Waals surface area contributed by atoms with Crippen molar-refractivity contribution in [2.24, 2.45) is 0 Å². The van der Waals surface area contributed by atoms with Crippen LogP contribution < -0.4 is 19.5 Å². The highest BCUT2D eigenvalue weighted by Gasteiger charge is 2.27. The predicted octanol–water partition coefficient (Wildman–Crippen LogP) is 0.799. The molecule has 2 heterocycles. The SMILES string of the molecule is O[C@@H](COc1cccc2ccccc12)C[NH+]1CCN(c2cccc[nH+]2)CC1. The van der Waals surface area contributed by atoms with E-state index < -0.39 is 6.10 Å². The first-order valence-corrected chi connectivity index (χ1v) is 9.63. The number of fused-ring (bicyclic) bond motifs is 1. The molecule has 0 amide bonds. The minimum Gasteiger partial charge on any atom is -0.490 e. The van der Waals surface area contributed by atoms with Gasteiger partial charge >= 0.3 is 0 Å². The Bertz CT molecular complexity index is 858. The third-order valence-corrected chi connectivity index (χ3v) is 5.21. The summed E-state index contributed by atoms with van der Waals surface area (Å²) >= 11 is 0. The van der Waals surface area contributed by atoms with Crippen molar-refractivity contribution < 1.29 is 19.7 Å². The molecule has 3 N–H and O–H groups in total. The van der Waals surface area contributed by atoms with Gasteiger partial charge in [-0.2, -0.15) is 0 Å². The van der Waals surface area contributed by atoms with Gasteiger partial charge in [0.25, 0.3) is 5.82 Å². The van der Waals surface area contributed by atoms with Crippen molar-refractivity contribution in [3.63, 3.8) is 0 Å². The molecule has 2 aromatic carbocycles. The summed E-state index contributed by atoms with van der Waals surface area (Å²) in [5.74, 6) is 2.00. The Morgan fingerprint density at radius 3 is 2.59 bits per heavy atom. The third-order valence-electron chi connectivity index (χ3n) is 5.21. The Labute approximate surface area is 159 Å². The van der Waals surface area contributed by atoms with Crippen LogP contribution in [0, 0.1) is 0 Å². The van der Waals surface area contributed by atoms with Gasteiger partial charge < -0.3 is 14.7 Å². The summed E-state index contributed by atoms with van der Waals surface area (Å²) in [5.41, 5.74) is 0. The van der Waals surface area contributed by atoms with Gasteiger partial charge in [-0.3, -0.25) is 4.90 Å². The molecule has 3 aromatic rings. The standard InChI is InChI=1S/C22H25N3O2/c26-19(17-27-21-9-5-7-18-6-1-2-8-20(18)21)16-24-12-14-25(15-13-24)22-10-3-4-11-23-22/h1-11,19,26H,12-17H2/p+2/t19-/m1/s1. The maximum atomic E-state index is 10.5. The van der Waals surface area contributed by atoms with Crippen molar-refractivity contribution in [3.05, 3.63) is 66.9 Å². The van der Waals surface area contributed by atoms with Gasteiger partial charge in [-0.15, -0.1) is 0 Å². The number of nitrogens with zero attached hydrogens (tertiary/aromatic N) is 1. The highest BCUT2D eigenvalue weighted by molar-refractivity contribution is 5.88. The van der Waals surface area contributed by atoms with E-state index in [0.717, 1.165) is 55.1 Å². The summed E-state index contributed by atoms with van der Waals surface area (Å²) in [6, 6.07) is 20.4. The average molecular weight is 365 g/mol. The van der Waals surface area contributed by atoms with Gasteiger partial charge in [0.1, 0.15) is 51.2 Å². The molecule has 140 valence electrons. The zero-order valence-electron chi connectivity index (χ0n) is 15.5. The number of ether oxygens (including phenoxy) is 1. The van der Waals surface area contributed by atoms with Crippen LogP contribution in [0.1, 0.15) is 0 Å². The number of pyridine rings is 1. The molecule has 0 saturated carbocycles. The first-order valence-electron chi connectivity index (χ1n) is 9.63. The van der Waals surface area contributed by atoms with Gasteiger partial charge in [-0.1, -0.05) is 42.5 Å². The van der Waals surface area contributed by atoms with E-state index in [9.17, 15) is 5.11 Å². The molecule has 1 saturated heterocycles. The molecule has 0 bridgehead atoms. The second kappa shape index (κ2) is 8.37. The lowest BCUT2D eigenvalue weighted by atomic mass is 10.1. The van der Waals surface area contributed by atoms with Gasteiger partial charge in [0.05, 0.1) is 6.20 Å². The topological polar surface area (TPSA) is 51.3 Å². The first-order chi connectivity index (χ1) is 13.3. The number of aromatic amines is 1. The molecule has 1 aromatic heterocycles. The summed E-state index contributed by atoms with van der Waals surface area (Å²) < 4.78 is 5.93. The van der Waals surface area contributed by atoms with E-state index in [4.69, 9.17) is 4.74 Å². The van der Waals surface area contributed by atoms with Crippen LogP contribution in [0.25, 0.3) is 10.8 Å². The monoisotopic (exact) mass is 365 g/mol. The number of nitrogens with one attached hydrogen (secondary N) is 2. The van der Waals surface area contributed by atoms with Crippen molar-refractivity contribution in [3.8, 4) is 5.75 Å². The molecular weight excluding hydrogens is 338 g/mol. The fourth-order valence-electron chi connectivity index (χ4n) is 3.75. The molecule has 0 unspecified atom stereocenters. The number of aliphatic hydroxyl groups is 1. The molecule has 5 heteroatoms. The van der Waals surface area contributed by atoms with Gasteiger partial charge in [0, 0.05) is 11.5 Å². The van der Waals surface area contributed by atoms with E-state index in [1.807, 2.05) is 36.5 Å². The van der Waals surface area contributed by atoms with Crippen molar-refractivity contribution in [1.82, 2.24) is 0 Å². The van der Waals surface area contributed by atoms with Crippen LogP contribution in [0.15, 0.2) is 66.9 Å². The summed E-state index contributed by atoms with van der Waals surface area (Å²) in [4.78, 5) is 7.08. The number of hydrogen-bond donors (Lipinski definition) is 2. The van der Waals surface area contributed by atoms with Crippen molar-refractivity contribution in [2.75, 3.05) is 44.2 Å². The van der Waals surface area contributed by atoms with Crippen LogP contribution in [0.3, 0.4) is 0 Å². The number of rotatable bonds is 6. The average Bonchev–Trinajstić information content (AvgIpc) is 2.73. The fraction of sp³-hybridized carbons (Fsp3) is 0.318. The maximum absolute atomic E-state index is 10.5. The molecule has 5 nitrogen and oxygen atoms in total. The predicted molar refractivity (Wildman–Crippen MR) is 106 cm³/mol. The van der Waals surface area contributed by atoms with E-state index >= 15 is 0 Å². The molecule has 1 fully saturated rings. The summed E-state index contributed by atoms with van der Waals surface area (Å²) in [7, 11) is 0. The van der Waals surface area contributed by atoms with Crippen LogP contribution >= 0.6 is 0 Å². The van der Waals surface area contributed by atoms with Gasteiger partial charge in [0.2, 0.25) is 0 Å². The van der Waals surface area contributed by atoms with Gasteiger partial charge in [-0.25, -0.2) is 4.98 Å². The third kappa shape index (κ3) is 4.38. The number of hydrogen-bond acceptors (Lipinski definition) is 3. The molecule has 27 heavy (non-hydrogen) atoms. The number of aliphatic hydroxyl groups excluding tert-OH is 1. The Morgan fingerprint density at radius 2 is 1.78 bits per heavy atom. The molecule has 0 radical (unpaired) electrons. The highest BCUT2D eigenvalue weighted by Crippen LogP contribution is 2.25. The molecule has 4 rings (SSSR count). The summed E-state index contributed by atoms with van der Waals surface area (Å²) in [6.45, 7) is 5.08. The van der Waals surface area contributed by atoms with E-state index in [0.29, 0.717) is 6.61 Å². The lowest BCUT2D eigenvalue weighted by Crippen LogP contribution is -3.16. The smallest absolute Gasteiger partial charge is 0.274 e. The molecular formula is C22H27N3O2+2. The van der Waals surface area contributed by atoms with E-state index in [2.05, 4.69) is 40.2 Å². The lowest BCUT2D eigenvalue weighted by molar-refractivity contribution is -0.903. The minimum absolute atomic E-state index is 0.327. The Kier molecular flexibility index (Phi) is 5.51. The zero-order chi connectivity index (χ0) is 18.5. The largest absolute Gasteiger partial charge is 0.490 e. The van der Waals surface area contributed by atoms with E-state index in [1.54, 1.807) is 0 Å². The summed E-state index contributed by atoms with van der Waals surface area (Å²) in [6.07, 6.45) is 1.50. The van der Waals surface area contributed by atoms with Crippen molar-refractivity contribution in [1.29, 1.82) is 0 Å². The van der Waals surface area contributed by atoms with Crippen LogP contribution in [0.4, 0.5) is 5.82 Å². The molecule has 0 spiro atoms. The lowest BCUT2D eigenvalue weighted by Gasteiger charge is -2.29. The quantitative estimate of drug-likeness (QED) is 0.679. The minimum atomic E-state index is -0.464. The number of piperazine rings is 1. The second-order valence-corrected chi connectivity index (χ2v) is 7.13. The number of H-pyrrole nitrogens is 1. The first kappa shape index (κ1) is 17.8. The molecule has 1 aliphatic rings. The zero-order valence-corrected chi connectivity index (χ0v) is 15.5. The maximum Gasteiger partial charge on any atom is 0.274 e. The number of quaternary nitrogens is 1. The second-order valence-electron chi connectivity index (χ2n) is 7.13. The molecule has 0 aliphatic carbocycles. The van der Waals surface area contributed by atoms with Crippen LogP contribution in [-0.4, -0.2) is 50.5 Å². The van der Waals surface area contributed by atoms with Crippen LogP contribution in [-0.2, 0) is 0 Å². The fourth-order valence-corrected chi connectivity index (χ4v) is 3.75. The van der Waals surface area contributed by atoms with Crippen molar-refractivity contribution in [2.45, 2.75) is 6.10 Å². The van der Waals surface area contributed by atoms with Gasteiger partial charge in [0.15, 0.2) is 0 Å². The number of benzene rings is 2. The van der Waals surface area contributed by atoms with Crippen molar-refractivity contribution >= 4 is 16.6 Å². The summed E-state index contributed by atoms with van der Waals surface area (Å²) in [5, 5.41) is 12.7. The molecule has 1 atom stereocenters. The Balaban J connectivity index is 1.27. The number of anilines is 1. The number of aromatic nitrogens is 1. The molecule has 1 aliphatic heterocycles. The van der Waals surface area contributed by atoms with E-state index in [1.165, 1.54) is 4.90 Å². The van der Waals surface area contributed by atoms with E-state index in [-0.39, 0.29) is 0 Å². The highest BCUT2D eigenvalue weighted by atomic mass is 16.5. The Morgan fingerprint density at radius 1 is 1.00 bits per heavy atom. The van der Waals surface area contributed by atoms with Gasteiger partial charge in [-0.05, 0) is 17.5 Å². The van der Waals surface area contributed by atoms with Crippen LogP contribution in [0.2, 0.25) is 0 Å². The van der Waals surface area contributed by atoms with Crippen LogP contribution in [0.5, 0.6) is 5.75 Å².